The quantitative estimate of drug-likeness (QED) is 0.785. The standard InChI is InChI=1S/C17H16N6/c1-10-4-5-14(17-20-9-13(8-18)16(19)21-17)15(6-10)23-12(3)7-11(2)22-23/h4-7,9H,1-3H3,(H2,19,20,21). The van der Waals surface area contributed by atoms with Crippen LogP contribution in [0.1, 0.15) is 22.5 Å². The fraction of sp³-hybridized carbons (Fsp3) is 0.176. The molecule has 2 heterocycles. The second-order valence-corrected chi connectivity index (χ2v) is 5.46. The van der Waals surface area contributed by atoms with Crippen LogP contribution in [0.15, 0.2) is 30.5 Å². The first-order chi connectivity index (χ1) is 11.0. The molecular weight excluding hydrogens is 288 g/mol. The minimum Gasteiger partial charge on any atom is -0.382 e. The summed E-state index contributed by atoms with van der Waals surface area (Å²) in [4.78, 5) is 8.55. The van der Waals surface area contributed by atoms with Gasteiger partial charge in [0.15, 0.2) is 5.82 Å². The Kier molecular flexibility index (Phi) is 3.54. The largest absolute Gasteiger partial charge is 0.382 e. The second kappa shape index (κ2) is 5.54. The van der Waals surface area contributed by atoms with E-state index in [1.807, 2.05) is 55.8 Å². The summed E-state index contributed by atoms with van der Waals surface area (Å²) in [6.07, 6.45) is 1.45. The lowest BCUT2D eigenvalue weighted by molar-refractivity contribution is 0.832. The first kappa shape index (κ1) is 14.7. The van der Waals surface area contributed by atoms with Crippen molar-refractivity contribution in [1.29, 1.82) is 5.26 Å². The van der Waals surface area contributed by atoms with Crippen LogP contribution in [0.4, 0.5) is 5.82 Å². The fourth-order valence-corrected chi connectivity index (χ4v) is 2.49. The monoisotopic (exact) mass is 304 g/mol. The van der Waals surface area contributed by atoms with Gasteiger partial charge in [-0.05, 0) is 44.5 Å². The molecule has 6 heteroatoms. The number of nitrogen functional groups attached to an aromatic ring is 1. The fourth-order valence-electron chi connectivity index (χ4n) is 2.49. The number of nitrogens with zero attached hydrogens (tertiary/aromatic N) is 5. The summed E-state index contributed by atoms with van der Waals surface area (Å²) in [5, 5.41) is 13.5. The Morgan fingerprint density at radius 1 is 1.17 bits per heavy atom. The van der Waals surface area contributed by atoms with Crippen molar-refractivity contribution in [2.45, 2.75) is 20.8 Å². The predicted molar refractivity (Wildman–Crippen MR) is 87.9 cm³/mol. The molecule has 0 aliphatic rings. The van der Waals surface area contributed by atoms with Crippen LogP contribution in [0.5, 0.6) is 0 Å². The molecule has 0 saturated carbocycles. The smallest absolute Gasteiger partial charge is 0.163 e. The average molecular weight is 304 g/mol. The van der Waals surface area contributed by atoms with Gasteiger partial charge in [-0.15, -0.1) is 0 Å². The third kappa shape index (κ3) is 2.64. The van der Waals surface area contributed by atoms with Crippen molar-refractivity contribution in [2.75, 3.05) is 5.73 Å². The minimum atomic E-state index is 0.178. The molecule has 0 unspecified atom stereocenters. The Morgan fingerprint density at radius 2 is 1.96 bits per heavy atom. The highest BCUT2D eigenvalue weighted by Gasteiger charge is 2.14. The number of benzene rings is 1. The highest BCUT2D eigenvalue weighted by Crippen LogP contribution is 2.27. The molecule has 114 valence electrons. The van der Waals surface area contributed by atoms with Crippen LogP contribution in [-0.4, -0.2) is 19.7 Å². The Labute approximate surface area is 134 Å². The average Bonchev–Trinajstić information content (AvgIpc) is 2.85. The van der Waals surface area contributed by atoms with E-state index in [1.165, 1.54) is 6.20 Å². The van der Waals surface area contributed by atoms with Gasteiger partial charge >= 0.3 is 0 Å². The molecule has 0 fully saturated rings. The van der Waals surface area contributed by atoms with Gasteiger partial charge in [0.1, 0.15) is 17.5 Å². The minimum absolute atomic E-state index is 0.178. The molecule has 23 heavy (non-hydrogen) atoms. The number of hydrogen-bond acceptors (Lipinski definition) is 5. The maximum absolute atomic E-state index is 8.96. The summed E-state index contributed by atoms with van der Waals surface area (Å²) in [6.45, 7) is 5.97. The van der Waals surface area contributed by atoms with Crippen molar-refractivity contribution < 1.29 is 0 Å². The third-order valence-corrected chi connectivity index (χ3v) is 3.57. The van der Waals surface area contributed by atoms with E-state index in [4.69, 9.17) is 11.0 Å². The van der Waals surface area contributed by atoms with E-state index in [0.29, 0.717) is 5.82 Å². The second-order valence-electron chi connectivity index (χ2n) is 5.46. The zero-order chi connectivity index (χ0) is 16.6. The van der Waals surface area contributed by atoms with Gasteiger partial charge in [-0.2, -0.15) is 10.4 Å². The lowest BCUT2D eigenvalue weighted by Crippen LogP contribution is -2.05. The number of nitriles is 1. The zero-order valence-electron chi connectivity index (χ0n) is 13.2. The first-order valence-corrected chi connectivity index (χ1v) is 7.17. The van der Waals surface area contributed by atoms with E-state index in [-0.39, 0.29) is 11.4 Å². The van der Waals surface area contributed by atoms with Crippen molar-refractivity contribution in [3.05, 3.63) is 53.0 Å². The number of aromatic nitrogens is 4. The van der Waals surface area contributed by atoms with E-state index >= 15 is 0 Å². The SMILES string of the molecule is Cc1ccc(-c2ncc(C#N)c(N)n2)c(-n2nc(C)cc2C)c1. The summed E-state index contributed by atoms with van der Waals surface area (Å²) >= 11 is 0. The van der Waals surface area contributed by atoms with Crippen molar-refractivity contribution in [1.82, 2.24) is 19.7 Å². The summed E-state index contributed by atoms with van der Waals surface area (Å²) in [6, 6.07) is 9.96. The van der Waals surface area contributed by atoms with Crippen molar-refractivity contribution in [3.8, 4) is 23.1 Å². The van der Waals surface area contributed by atoms with Crippen LogP contribution in [-0.2, 0) is 0 Å². The maximum Gasteiger partial charge on any atom is 0.163 e. The van der Waals surface area contributed by atoms with Gasteiger partial charge in [0, 0.05) is 11.3 Å². The normalized spacial score (nSPS) is 10.5. The van der Waals surface area contributed by atoms with Crippen LogP contribution >= 0.6 is 0 Å². The Hall–Kier alpha value is -3.20. The van der Waals surface area contributed by atoms with Crippen LogP contribution < -0.4 is 5.73 Å². The number of aryl methyl sites for hydroxylation is 3. The molecule has 0 radical (unpaired) electrons. The number of hydrogen-bond donors (Lipinski definition) is 1. The lowest BCUT2D eigenvalue weighted by Gasteiger charge is -2.12. The molecule has 0 aliphatic heterocycles. The van der Waals surface area contributed by atoms with Gasteiger partial charge in [-0.1, -0.05) is 6.07 Å². The molecule has 0 amide bonds. The molecule has 2 N–H and O–H groups in total. The van der Waals surface area contributed by atoms with Crippen molar-refractivity contribution in [2.24, 2.45) is 0 Å². The lowest BCUT2D eigenvalue weighted by atomic mass is 10.1. The summed E-state index contributed by atoms with van der Waals surface area (Å²) < 4.78 is 1.87. The molecule has 0 atom stereocenters. The van der Waals surface area contributed by atoms with Gasteiger partial charge in [0.05, 0.1) is 17.6 Å². The molecule has 0 saturated heterocycles. The van der Waals surface area contributed by atoms with Crippen LogP contribution in [0.2, 0.25) is 0 Å². The Balaban J connectivity index is 2.23. The number of anilines is 1. The Bertz CT molecular complexity index is 933. The molecule has 2 aromatic heterocycles. The number of nitrogens with two attached hydrogens (primary N) is 1. The molecule has 1 aromatic carbocycles. The van der Waals surface area contributed by atoms with Crippen LogP contribution in [0, 0.1) is 32.1 Å². The third-order valence-electron chi connectivity index (χ3n) is 3.57. The van der Waals surface area contributed by atoms with Crippen LogP contribution in [0.3, 0.4) is 0 Å². The highest BCUT2D eigenvalue weighted by molar-refractivity contribution is 5.69. The summed E-state index contributed by atoms with van der Waals surface area (Å²) in [5.74, 6) is 0.654. The van der Waals surface area contributed by atoms with Crippen LogP contribution in [0.25, 0.3) is 17.1 Å². The maximum atomic E-state index is 8.96. The zero-order valence-corrected chi connectivity index (χ0v) is 13.2. The molecule has 0 aliphatic carbocycles. The van der Waals surface area contributed by atoms with E-state index in [1.54, 1.807) is 0 Å². The molecule has 0 bridgehead atoms. The van der Waals surface area contributed by atoms with Gasteiger partial charge in [0.25, 0.3) is 0 Å². The first-order valence-electron chi connectivity index (χ1n) is 7.17. The molecular formula is C17H16N6. The molecule has 3 aromatic rings. The Morgan fingerprint density at radius 3 is 2.57 bits per heavy atom. The van der Waals surface area contributed by atoms with Gasteiger partial charge in [-0.25, -0.2) is 14.6 Å². The predicted octanol–water partition coefficient (Wildman–Crippen LogP) is 2.71. The topological polar surface area (TPSA) is 93.4 Å². The van der Waals surface area contributed by atoms with Crippen molar-refractivity contribution >= 4 is 5.82 Å². The van der Waals surface area contributed by atoms with E-state index in [9.17, 15) is 0 Å². The van der Waals surface area contributed by atoms with E-state index < -0.39 is 0 Å². The van der Waals surface area contributed by atoms with Crippen molar-refractivity contribution in [3.63, 3.8) is 0 Å². The summed E-state index contributed by atoms with van der Waals surface area (Å²) in [7, 11) is 0. The molecule has 0 spiro atoms. The van der Waals surface area contributed by atoms with E-state index in [0.717, 1.165) is 28.2 Å². The highest BCUT2D eigenvalue weighted by atomic mass is 15.3. The number of rotatable bonds is 2. The summed E-state index contributed by atoms with van der Waals surface area (Å²) in [5.41, 5.74) is 10.9. The van der Waals surface area contributed by atoms with Gasteiger partial charge in [-0.3, -0.25) is 0 Å². The van der Waals surface area contributed by atoms with Gasteiger partial charge < -0.3 is 5.73 Å². The van der Waals surface area contributed by atoms with E-state index in [2.05, 4.69) is 15.1 Å². The molecule has 6 nitrogen and oxygen atoms in total. The molecule has 3 rings (SSSR count). The van der Waals surface area contributed by atoms with Gasteiger partial charge in [0.2, 0.25) is 0 Å².